The lowest BCUT2D eigenvalue weighted by atomic mass is 9.86. The van der Waals surface area contributed by atoms with Crippen molar-refractivity contribution in [3.63, 3.8) is 0 Å². The largest absolute Gasteiger partial charge is 0.370 e. The van der Waals surface area contributed by atoms with Crippen LogP contribution in [0, 0.1) is 5.92 Å². The highest BCUT2D eigenvalue weighted by molar-refractivity contribution is 9.10. The third kappa shape index (κ3) is 2.27. The minimum Gasteiger partial charge on any atom is -0.370 e. The van der Waals surface area contributed by atoms with E-state index in [1.165, 1.54) is 18.4 Å². The fraction of sp³-hybridized carbons (Fsp3) is 0.533. The Bertz CT molecular complexity index is 510. The summed E-state index contributed by atoms with van der Waals surface area (Å²) in [5.74, 6) is 1.53. The molecule has 0 bridgehead atoms. The highest BCUT2D eigenvalue weighted by Gasteiger charge is 2.44. The van der Waals surface area contributed by atoms with Crippen LogP contribution in [0.3, 0.4) is 0 Å². The summed E-state index contributed by atoms with van der Waals surface area (Å²) >= 11 is 3.57. The molecule has 1 aliphatic carbocycles. The maximum absolute atomic E-state index is 6.15. The summed E-state index contributed by atoms with van der Waals surface area (Å²) in [5, 5.41) is 0. The number of hydrogen-bond acceptors (Lipinski definition) is 3. The molecule has 1 fully saturated rings. The minimum absolute atomic E-state index is 0.0452. The summed E-state index contributed by atoms with van der Waals surface area (Å²) in [6.45, 7) is 4.06. The van der Waals surface area contributed by atoms with Crippen LogP contribution in [0.5, 0.6) is 0 Å². The average Bonchev–Trinajstić information content (AvgIpc) is 3.16. The first kappa shape index (κ1) is 13.0. The third-order valence-corrected chi connectivity index (χ3v) is 4.87. The van der Waals surface area contributed by atoms with E-state index >= 15 is 0 Å². The lowest BCUT2D eigenvalue weighted by Crippen LogP contribution is -2.49. The number of halogens is 1. The molecule has 0 radical (unpaired) electrons. The van der Waals surface area contributed by atoms with Gasteiger partial charge in [0.15, 0.2) is 5.96 Å². The molecule has 102 valence electrons. The minimum atomic E-state index is -0.0452. The molecule has 1 aromatic rings. The molecule has 1 unspecified atom stereocenters. The molecule has 1 aliphatic heterocycles. The molecule has 1 heterocycles. The second-order valence-corrected chi connectivity index (χ2v) is 6.54. The number of rotatable bonds is 4. The van der Waals surface area contributed by atoms with E-state index in [4.69, 9.17) is 5.73 Å². The van der Waals surface area contributed by atoms with Gasteiger partial charge in [-0.3, -0.25) is 4.99 Å². The molecule has 0 saturated heterocycles. The molecule has 3 rings (SSSR count). The first-order chi connectivity index (χ1) is 9.15. The van der Waals surface area contributed by atoms with E-state index in [-0.39, 0.29) is 5.54 Å². The fourth-order valence-electron chi connectivity index (χ4n) is 2.96. The first-order valence-electron chi connectivity index (χ1n) is 6.99. The molecule has 2 N–H and O–H groups in total. The molecule has 3 nitrogen and oxygen atoms in total. The van der Waals surface area contributed by atoms with Crippen LogP contribution in [-0.4, -0.2) is 23.9 Å². The van der Waals surface area contributed by atoms with Crippen LogP contribution in [-0.2, 0) is 5.54 Å². The summed E-state index contributed by atoms with van der Waals surface area (Å²) in [7, 11) is 0. The Hall–Kier alpha value is -1.03. The molecule has 0 aromatic heterocycles. The van der Waals surface area contributed by atoms with Crippen LogP contribution in [0.4, 0.5) is 0 Å². The van der Waals surface area contributed by atoms with Gasteiger partial charge in [-0.2, -0.15) is 0 Å². The van der Waals surface area contributed by atoms with Crippen LogP contribution in [0.1, 0.15) is 31.7 Å². The van der Waals surface area contributed by atoms with Crippen molar-refractivity contribution in [1.82, 2.24) is 4.90 Å². The van der Waals surface area contributed by atoms with Gasteiger partial charge in [-0.1, -0.05) is 35.0 Å². The zero-order valence-corrected chi connectivity index (χ0v) is 12.9. The predicted octanol–water partition coefficient (Wildman–Crippen LogP) is 3.09. The molecule has 1 saturated carbocycles. The van der Waals surface area contributed by atoms with E-state index in [2.05, 4.69) is 57.0 Å². The maximum atomic E-state index is 6.15. The number of nitrogens with two attached hydrogens (primary N) is 1. The summed E-state index contributed by atoms with van der Waals surface area (Å²) in [6, 6.07) is 8.57. The van der Waals surface area contributed by atoms with Crippen molar-refractivity contribution in [2.75, 3.05) is 13.1 Å². The molecule has 2 aliphatic rings. The molecular formula is C15H20BrN3. The van der Waals surface area contributed by atoms with Crippen molar-refractivity contribution in [2.24, 2.45) is 16.6 Å². The quantitative estimate of drug-likeness (QED) is 0.925. The summed E-state index contributed by atoms with van der Waals surface area (Å²) in [6.07, 6.45) is 3.70. The Morgan fingerprint density at radius 3 is 2.89 bits per heavy atom. The summed E-state index contributed by atoms with van der Waals surface area (Å²) in [4.78, 5) is 6.87. The number of guanidine groups is 1. The second kappa shape index (κ2) is 4.82. The van der Waals surface area contributed by atoms with Gasteiger partial charge in [-0.15, -0.1) is 0 Å². The Morgan fingerprint density at radius 2 is 2.26 bits per heavy atom. The van der Waals surface area contributed by atoms with Gasteiger partial charge in [0.2, 0.25) is 0 Å². The van der Waals surface area contributed by atoms with E-state index < -0.39 is 0 Å². The Kier molecular flexibility index (Phi) is 3.29. The van der Waals surface area contributed by atoms with Crippen LogP contribution in [0.25, 0.3) is 0 Å². The van der Waals surface area contributed by atoms with Crippen molar-refractivity contribution in [3.8, 4) is 0 Å². The fourth-order valence-corrected chi connectivity index (χ4v) is 3.36. The zero-order chi connectivity index (χ0) is 13.5. The predicted molar refractivity (Wildman–Crippen MR) is 82.0 cm³/mol. The second-order valence-electron chi connectivity index (χ2n) is 5.62. The molecular weight excluding hydrogens is 302 g/mol. The van der Waals surface area contributed by atoms with Crippen molar-refractivity contribution in [3.05, 3.63) is 34.3 Å². The highest BCUT2D eigenvalue weighted by Crippen LogP contribution is 2.40. The lowest BCUT2D eigenvalue weighted by Gasteiger charge is -2.39. The van der Waals surface area contributed by atoms with Crippen LogP contribution in [0.15, 0.2) is 33.7 Å². The molecule has 19 heavy (non-hydrogen) atoms. The van der Waals surface area contributed by atoms with Gasteiger partial charge in [0, 0.05) is 11.0 Å². The molecule has 4 heteroatoms. The normalized spacial score (nSPS) is 26.6. The van der Waals surface area contributed by atoms with Gasteiger partial charge in [-0.05, 0) is 42.9 Å². The van der Waals surface area contributed by atoms with Gasteiger partial charge in [0.25, 0.3) is 0 Å². The van der Waals surface area contributed by atoms with Crippen molar-refractivity contribution in [1.29, 1.82) is 0 Å². The van der Waals surface area contributed by atoms with Crippen molar-refractivity contribution < 1.29 is 0 Å². The third-order valence-electron chi connectivity index (χ3n) is 4.38. The highest BCUT2D eigenvalue weighted by atomic mass is 79.9. The number of nitrogens with zero attached hydrogens (tertiary/aromatic N) is 2. The summed E-state index contributed by atoms with van der Waals surface area (Å²) in [5.41, 5.74) is 7.41. The SMILES string of the molecule is CCC1(c2cccc(Br)c2)CN=C(N)N1CC1CC1. The number of aliphatic imine (C=N–C) groups is 1. The monoisotopic (exact) mass is 321 g/mol. The van der Waals surface area contributed by atoms with E-state index in [1.807, 2.05) is 0 Å². The standard InChI is InChI=1S/C15H20BrN3/c1-2-15(12-4-3-5-13(16)8-12)10-18-14(17)19(15)9-11-6-7-11/h3-5,8,11H,2,6-7,9-10H2,1H3,(H2,17,18). The van der Waals surface area contributed by atoms with E-state index in [9.17, 15) is 0 Å². The van der Waals surface area contributed by atoms with E-state index in [0.29, 0.717) is 5.96 Å². The zero-order valence-electron chi connectivity index (χ0n) is 11.3. The van der Waals surface area contributed by atoms with Gasteiger partial charge in [0.05, 0.1) is 12.1 Å². The molecule has 1 atom stereocenters. The van der Waals surface area contributed by atoms with Gasteiger partial charge in [-0.25, -0.2) is 0 Å². The van der Waals surface area contributed by atoms with Crippen molar-refractivity contribution in [2.45, 2.75) is 31.7 Å². The van der Waals surface area contributed by atoms with Gasteiger partial charge >= 0.3 is 0 Å². The Labute approximate surface area is 123 Å². The molecule has 0 spiro atoms. The van der Waals surface area contributed by atoms with Gasteiger partial charge < -0.3 is 10.6 Å². The number of benzene rings is 1. The lowest BCUT2D eigenvalue weighted by molar-refractivity contribution is 0.187. The topological polar surface area (TPSA) is 41.6 Å². The van der Waals surface area contributed by atoms with Crippen LogP contribution in [0.2, 0.25) is 0 Å². The van der Waals surface area contributed by atoms with E-state index in [0.717, 1.165) is 29.9 Å². The first-order valence-corrected chi connectivity index (χ1v) is 7.78. The molecule has 0 amide bonds. The summed E-state index contributed by atoms with van der Waals surface area (Å²) < 4.78 is 1.12. The average molecular weight is 322 g/mol. The molecule has 1 aromatic carbocycles. The van der Waals surface area contributed by atoms with Crippen molar-refractivity contribution >= 4 is 21.9 Å². The van der Waals surface area contributed by atoms with Gasteiger partial charge in [0.1, 0.15) is 0 Å². The number of hydrogen-bond donors (Lipinski definition) is 1. The van der Waals surface area contributed by atoms with Crippen LogP contribution < -0.4 is 5.73 Å². The maximum Gasteiger partial charge on any atom is 0.192 e. The Balaban J connectivity index is 1.97. The van der Waals surface area contributed by atoms with E-state index in [1.54, 1.807) is 0 Å². The van der Waals surface area contributed by atoms with Crippen LogP contribution >= 0.6 is 15.9 Å². The smallest absolute Gasteiger partial charge is 0.192 e. The Morgan fingerprint density at radius 1 is 1.47 bits per heavy atom.